The first kappa shape index (κ1) is 121. The molecule has 2 unspecified atom stereocenters. The van der Waals surface area contributed by atoms with E-state index in [1.165, 1.54) is 90.4 Å². The number of Topliss-reactive ketones (excluding diaryl/α,β-unsaturated/α-hetero) is 2. The Labute approximate surface area is 834 Å². The van der Waals surface area contributed by atoms with Gasteiger partial charge in [-0.2, -0.15) is 0 Å². The van der Waals surface area contributed by atoms with Crippen LogP contribution < -0.4 is 0 Å². The summed E-state index contributed by atoms with van der Waals surface area (Å²) in [7, 11) is 0. The maximum absolute atomic E-state index is 11.4. The minimum Gasteiger partial charge on any atom is -0.389 e. The van der Waals surface area contributed by atoms with Crippen LogP contribution in [0.3, 0.4) is 0 Å². The first-order valence-electron chi connectivity index (χ1n) is 47.7. The molecule has 12 aromatic carbocycles. The summed E-state index contributed by atoms with van der Waals surface area (Å²) in [6.45, 7) is 65.3. The molecular weight excluding hydrogens is 1710 g/mol. The molecule has 2 N–H and O–H groups in total. The summed E-state index contributed by atoms with van der Waals surface area (Å²) >= 11 is 0. The quantitative estimate of drug-likeness (QED) is 0.0413. The van der Waals surface area contributed by atoms with Crippen molar-refractivity contribution in [2.45, 2.75) is 232 Å². The largest absolute Gasteiger partial charge is 0.389 e. The van der Waals surface area contributed by atoms with Crippen LogP contribution in [-0.4, -0.2) is 71.7 Å². The molecule has 0 spiro atoms. The highest BCUT2D eigenvalue weighted by Crippen LogP contribution is 2.49. The van der Waals surface area contributed by atoms with Gasteiger partial charge in [-0.3, -0.25) is 28.8 Å². The Morgan fingerprint density at radius 1 is 0.302 bits per heavy atom. The third-order valence-corrected chi connectivity index (χ3v) is 22.6. The van der Waals surface area contributed by atoms with Crippen LogP contribution in [0, 0.1) is 48.5 Å². The molecule has 1 aliphatic rings. The van der Waals surface area contributed by atoms with Crippen molar-refractivity contribution >= 4 is 89.3 Å². The van der Waals surface area contributed by atoms with Gasteiger partial charge in [-0.05, 0) is 227 Å². The van der Waals surface area contributed by atoms with E-state index in [1.54, 1.807) is 20.8 Å². The number of benzene rings is 12. The SMILES string of the molecule is C=C(C(C)=O)c1ccc(C)cc1.C=C(C=O)c1ccc(C(C)C)cc1.C=C(C=O)c1ccc(C)cc1.C=C(c1ccc(C(C)C)cc1)C(C)O.C=C(c1ccc(C)cc1)C(C)O.CC(=O)C1(c2ccc(C)cc2)CC1.CC(C)c1ccc(C=O)cc1.CC(C)c1ccc(CC=O)cc1.CC=Cc1ccc(C(C)C)cc1.CC=Cc1ccc(C)cc1.Cc1ccc(C=O)cc1.Cc1ccc(CC=O)cc1. The molecule has 0 heterocycles. The fraction of sp³-hybridized carbons (Fsp3) is 0.271. The number of carbonyl (C=O) groups is 8. The van der Waals surface area contributed by atoms with Gasteiger partial charge in [-0.15, -0.1) is 0 Å². The topological polar surface area (TPSA) is 177 Å². The van der Waals surface area contributed by atoms with Gasteiger partial charge in [0.2, 0.25) is 0 Å². The fourth-order valence-corrected chi connectivity index (χ4v) is 12.7. The molecule has 0 aromatic heterocycles. The Morgan fingerprint density at radius 2 is 0.518 bits per heavy atom. The number of aliphatic hydroxyl groups excluding tert-OH is 2. The lowest BCUT2D eigenvalue weighted by Gasteiger charge is -2.11. The first-order chi connectivity index (χ1) is 66.0. The van der Waals surface area contributed by atoms with Crippen LogP contribution >= 0.6 is 0 Å². The Morgan fingerprint density at radius 3 is 0.763 bits per heavy atom. The minimum atomic E-state index is -0.472. The van der Waals surface area contributed by atoms with Gasteiger partial charge in [-0.1, -0.05) is 457 Å². The number of aliphatic hydroxyl groups is 2. The van der Waals surface area contributed by atoms with Crippen LogP contribution in [-0.2, 0) is 47.0 Å². The Balaban J connectivity index is 0.000000514. The average molecular weight is 1860 g/mol. The summed E-state index contributed by atoms with van der Waals surface area (Å²) in [5.74, 6) is 3.15. The molecule has 0 radical (unpaired) electrons. The number of rotatable bonds is 25. The number of aryl methyl sites for hydroxylation is 7. The molecule has 1 aliphatic carbocycles. The zero-order valence-electron chi connectivity index (χ0n) is 87.1. The number of hydrogen-bond acceptors (Lipinski definition) is 10. The van der Waals surface area contributed by atoms with E-state index < -0.39 is 12.2 Å². The van der Waals surface area contributed by atoms with Gasteiger partial charge in [-0.25, -0.2) is 0 Å². The van der Waals surface area contributed by atoms with Crippen LogP contribution in [0.4, 0.5) is 0 Å². The Bertz CT molecular complexity index is 5740. The predicted octanol–water partition coefficient (Wildman–Crippen LogP) is 31.6. The molecule has 0 aliphatic heterocycles. The van der Waals surface area contributed by atoms with E-state index in [-0.39, 0.29) is 11.2 Å². The summed E-state index contributed by atoms with van der Waals surface area (Å²) in [5, 5.41) is 18.6. The molecule has 10 nitrogen and oxygen atoms in total. The average Bonchev–Trinajstić information content (AvgIpc) is 1.61. The maximum Gasteiger partial charge on any atom is 0.159 e. The molecule has 0 saturated heterocycles. The van der Waals surface area contributed by atoms with Crippen molar-refractivity contribution in [2.75, 3.05) is 0 Å². The van der Waals surface area contributed by atoms with Crippen molar-refractivity contribution < 1.29 is 48.6 Å². The van der Waals surface area contributed by atoms with Crippen molar-refractivity contribution in [3.05, 3.63) is 470 Å². The lowest BCUT2D eigenvalue weighted by molar-refractivity contribution is -0.119. The third kappa shape index (κ3) is 48.6. The summed E-state index contributed by atoms with van der Waals surface area (Å²) < 4.78 is 0. The van der Waals surface area contributed by atoms with E-state index in [1.807, 2.05) is 249 Å². The molecular formula is C129H154O10. The van der Waals surface area contributed by atoms with Gasteiger partial charge >= 0.3 is 0 Å². The van der Waals surface area contributed by atoms with Crippen molar-refractivity contribution in [3.8, 4) is 0 Å². The Kier molecular flexibility index (Phi) is 58.0. The van der Waals surface area contributed by atoms with Gasteiger partial charge in [0.15, 0.2) is 5.78 Å². The van der Waals surface area contributed by atoms with Gasteiger partial charge in [0.1, 0.15) is 43.5 Å². The molecule has 0 amide bonds. The number of allylic oxidation sites excluding steroid dienone is 5. The smallest absolute Gasteiger partial charge is 0.159 e. The lowest BCUT2D eigenvalue weighted by Crippen LogP contribution is -2.16. The molecule has 730 valence electrons. The molecule has 1 saturated carbocycles. The molecule has 1 fully saturated rings. The Hall–Kier alpha value is -13.9. The second-order valence-electron chi connectivity index (χ2n) is 36.2. The second kappa shape index (κ2) is 66.6. The lowest BCUT2D eigenvalue weighted by atomic mass is 9.92. The van der Waals surface area contributed by atoms with Gasteiger partial charge in [0.05, 0.1) is 17.6 Å². The van der Waals surface area contributed by atoms with E-state index >= 15 is 0 Å². The van der Waals surface area contributed by atoms with E-state index in [0.717, 1.165) is 112 Å². The van der Waals surface area contributed by atoms with Gasteiger partial charge in [0, 0.05) is 40.7 Å². The van der Waals surface area contributed by atoms with Crippen molar-refractivity contribution in [3.63, 3.8) is 0 Å². The molecule has 0 bridgehead atoms. The number of carbonyl (C=O) groups excluding carboxylic acids is 8. The molecule has 139 heavy (non-hydrogen) atoms. The highest BCUT2D eigenvalue weighted by molar-refractivity contribution is 6.18. The molecule has 12 aromatic rings. The van der Waals surface area contributed by atoms with Crippen molar-refractivity contribution in [1.29, 1.82) is 0 Å². The third-order valence-electron chi connectivity index (χ3n) is 22.6. The van der Waals surface area contributed by atoms with Crippen LogP contribution in [0.2, 0.25) is 0 Å². The zero-order chi connectivity index (χ0) is 104. The molecule has 13 rings (SSSR count). The maximum atomic E-state index is 11.4. The summed E-state index contributed by atoms with van der Waals surface area (Å²) in [4.78, 5) is 83.7. The van der Waals surface area contributed by atoms with E-state index in [2.05, 4.69) is 231 Å². The summed E-state index contributed by atoms with van der Waals surface area (Å²) in [5.41, 5.74) is 30.4. The van der Waals surface area contributed by atoms with Gasteiger partial charge in [0.25, 0.3) is 0 Å². The van der Waals surface area contributed by atoms with Crippen LogP contribution in [0.5, 0.6) is 0 Å². The monoisotopic (exact) mass is 1860 g/mol. The summed E-state index contributed by atoms with van der Waals surface area (Å²) in [6.07, 6.45) is 15.6. The van der Waals surface area contributed by atoms with Crippen molar-refractivity contribution in [2.24, 2.45) is 0 Å². The molecule has 2 atom stereocenters. The van der Waals surface area contributed by atoms with Crippen LogP contribution in [0.25, 0.3) is 40.0 Å². The number of aldehydes is 6. The van der Waals surface area contributed by atoms with Crippen LogP contribution in [0.15, 0.2) is 336 Å². The van der Waals surface area contributed by atoms with Crippen LogP contribution in [0.1, 0.15) is 296 Å². The second-order valence-corrected chi connectivity index (χ2v) is 36.2. The standard InChI is InChI=1S/C13H18O.2C12H14O.C12H16.C11H14O.C11H12O.C11H14O.C10H10O.C10H12O.C10H12.C9H10O.C8H8O/c1-9(2)12-5-7-13(8-6-12)10(3)11(4)14;1-9-3-5-11(6-4-9)12(7-8-12)10(2)13;1-9(2)11-4-6-12(7-5-11)10(3)8-13;1-4-5-11-6-8-12(9-7-11)10(2)3;2*1-8-4-6-11(7-5-8)9(2)10(3)12;1-9(2)11-5-3-10(4-6-11)7-8-12;1-8-3-5-10(6-4-8)9(2)7-11;1-8(2)10-5-3-9(7-11)4-6-10;1-3-4-10-7-5-9(2)6-8-10;1-8-2-4-9(5-3-8)6-7-10;1-7-2-4-8(6-9)5-3-7/h5-9,11,14H,3H2,1-2,4H3;3-6H,7-8H2,1-2H3;4-9H,3H2,1-2H3;4-10H,1-3H3;4-7,10,12H,2H2,1,3H3;4-7H,2H2,1,3H3;3-6,8-9H,7H2,1-2H3;3-7H,2H2,1H3;3-8H,1-2H3;3-8H,1-2H3;2-5,7H,6H2,1H3;2-6H,1H3. The van der Waals surface area contributed by atoms with E-state index in [9.17, 15) is 48.6 Å². The zero-order valence-corrected chi connectivity index (χ0v) is 87.1. The number of ketones is 2. The normalized spacial score (nSPS) is 11.3. The first-order valence-corrected chi connectivity index (χ1v) is 47.7. The van der Waals surface area contributed by atoms with Crippen molar-refractivity contribution in [1.82, 2.24) is 0 Å². The minimum absolute atomic E-state index is 0.0267. The highest BCUT2D eigenvalue weighted by Gasteiger charge is 2.48. The van der Waals surface area contributed by atoms with Gasteiger partial charge < -0.3 is 19.8 Å². The fourth-order valence-electron chi connectivity index (χ4n) is 12.7. The number of hydrogen-bond donors (Lipinski definition) is 2. The van der Waals surface area contributed by atoms with E-state index in [4.69, 9.17) is 0 Å². The summed E-state index contributed by atoms with van der Waals surface area (Å²) in [6, 6.07) is 96.5. The molecule has 10 heteroatoms. The highest BCUT2D eigenvalue weighted by atomic mass is 16.3. The van der Waals surface area contributed by atoms with E-state index in [0.29, 0.717) is 64.9 Å². The predicted molar refractivity (Wildman–Crippen MR) is 594 cm³/mol.